The Hall–Kier alpha value is -3.19. The highest BCUT2D eigenvalue weighted by molar-refractivity contribution is 5.88. The van der Waals surface area contributed by atoms with Gasteiger partial charge in [-0.15, -0.1) is 0 Å². The lowest BCUT2D eigenvalue weighted by atomic mass is 9.99. The first-order valence-electron chi connectivity index (χ1n) is 8.06. The van der Waals surface area contributed by atoms with Crippen molar-refractivity contribution in [2.45, 2.75) is 19.4 Å². The van der Waals surface area contributed by atoms with E-state index in [2.05, 4.69) is 5.32 Å². The van der Waals surface area contributed by atoms with Crippen molar-refractivity contribution in [3.8, 4) is 11.1 Å². The highest BCUT2D eigenvalue weighted by Crippen LogP contribution is 2.19. The van der Waals surface area contributed by atoms with Crippen molar-refractivity contribution in [3.05, 3.63) is 60.2 Å². The van der Waals surface area contributed by atoms with E-state index in [0.29, 0.717) is 0 Å². The fourth-order valence-electron chi connectivity index (χ4n) is 2.52. The number of carboxylic acid groups (broad SMARTS) is 1. The highest BCUT2D eigenvalue weighted by Gasteiger charge is 2.24. The molecule has 0 heterocycles. The van der Waals surface area contributed by atoms with Crippen molar-refractivity contribution in [1.82, 2.24) is 10.8 Å². The molecule has 0 aromatic heterocycles. The van der Waals surface area contributed by atoms with Crippen LogP contribution in [0.5, 0.6) is 0 Å². The van der Waals surface area contributed by atoms with Crippen LogP contribution >= 0.6 is 0 Å². The molecule has 0 saturated carbocycles. The number of benzene rings is 2. The van der Waals surface area contributed by atoms with Crippen molar-refractivity contribution in [2.24, 2.45) is 5.92 Å². The minimum Gasteiger partial charge on any atom is -0.481 e. The van der Waals surface area contributed by atoms with E-state index in [1.165, 1.54) is 5.48 Å². The summed E-state index contributed by atoms with van der Waals surface area (Å²) in [6, 6.07) is 17.5. The van der Waals surface area contributed by atoms with Gasteiger partial charge >= 0.3 is 5.97 Å². The first kappa shape index (κ1) is 19.1. The van der Waals surface area contributed by atoms with Gasteiger partial charge in [0.2, 0.25) is 11.8 Å². The zero-order valence-corrected chi connectivity index (χ0v) is 14.0. The maximum atomic E-state index is 12.2. The number of aliphatic carboxylic acids is 1. The Morgan fingerprint density at radius 1 is 0.885 bits per heavy atom. The zero-order valence-electron chi connectivity index (χ0n) is 14.0. The van der Waals surface area contributed by atoms with Crippen LogP contribution < -0.4 is 10.8 Å². The highest BCUT2D eigenvalue weighted by atomic mass is 16.5. The van der Waals surface area contributed by atoms with E-state index in [-0.39, 0.29) is 6.54 Å². The molecule has 2 aromatic rings. The molecule has 0 spiro atoms. The Morgan fingerprint density at radius 3 is 2.08 bits per heavy atom. The Labute approximate surface area is 150 Å². The number of carbonyl (C=O) groups is 3. The number of nitrogens with one attached hydrogen (secondary N) is 2. The maximum absolute atomic E-state index is 12.2. The van der Waals surface area contributed by atoms with E-state index < -0.39 is 36.5 Å². The van der Waals surface area contributed by atoms with Gasteiger partial charge in [0, 0.05) is 13.0 Å². The summed E-state index contributed by atoms with van der Waals surface area (Å²) in [7, 11) is 0. The minimum absolute atomic E-state index is 0.213. The third-order valence-electron chi connectivity index (χ3n) is 3.88. The lowest BCUT2D eigenvalue weighted by Gasteiger charge is -2.14. The van der Waals surface area contributed by atoms with Crippen molar-refractivity contribution < 1.29 is 24.7 Å². The summed E-state index contributed by atoms with van der Waals surface area (Å²) in [6.45, 7) is 0.213. The van der Waals surface area contributed by atoms with Crippen LogP contribution in [0.15, 0.2) is 54.6 Å². The molecule has 0 saturated heterocycles. The Morgan fingerprint density at radius 2 is 1.50 bits per heavy atom. The van der Waals surface area contributed by atoms with E-state index in [1.807, 2.05) is 54.6 Å². The summed E-state index contributed by atoms with van der Waals surface area (Å²) in [6.07, 6.45) is -0.895. The van der Waals surface area contributed by atoms with Gasteiger partial charge in [0.1, 0.15) is 0 Å². The number of hydroxylamine groups is 1. The summed E-state index contributed by atoms with van der Waals surface area (Å²) >= 11 is 0. The Kier molecular flexibility index (Phi) is 6.87. The molecule has 0 radical (unpaired) electrons. The predicted molar refractivity (Wildman–Crippen MR) is 94.0 cm³/mol. The van der Waals surface area contributed by atoms with E-state index >= 15 is 0 Å². The molecule has 26 heavy (non-hydrogen) atoms. The van der Waals surface area contributed by atoms with Crippen molar-refractivity contribution in [1.29, 1.82) is 0 Å². The molecule has 1 unspecified atom stereocenters. The first-order chi connectivity index (χ1) is 12.5. The van der Waals surface area contributed by atoms with Gasteiger partial charge in [0.15, 0.2) is 0 Å². The summed E-state index contributed by atoms with van der Waals surface area (Å²) < 4.78 is 0. The first-order valence-corrected chi connectivity index (χ1v) is 8.06. The number of hydrogen-bond donors (Lipinski definition) is 4. The van der Waals surface area contributed by atoms with Crippen LogP contribution in [0.2, 0.25) is 0 Å². The van der Waals surface area contributed by atoms with Gasteiger partial charge in [-0.3, -0.25) is 19.6 Å². The molecular weight excluding hydrogens is 336 g/mol. The standard InChI is InChI=1S/C19H20N2O5/c22-17(21-26)10-16(11-18(23)24)19(25)20-12-13-6-8-15(9-7-13)14-4-2-1-3-5-14/h1-9,16,26H,10-12H2,(H,20,25)(H,21,22)(H,23,24). The van der Waals surface area contributed by atoms with Gasteiger partial charge in [0.25, 0.3) is 0 Å². The summed E-state index contributed by atoms with van der Waals surface area (Å²) in [5.74, 6) is -3.60. The largest absolute Gasteiger partial charge is 0.481 e. The van der Waals surface area contributed by atoms with Crippen molar-refractivity contribution in [3.63, 3.8) is 0 Å². The zero-order chi connectivity index (χ0) is 18.9. The lowest BCUT2D eigenvalue weighted by Crippen LogP contribution is -2.35. The van der Waals surface area contributed by atoms with Crippen LogP contribution in [0, 0.1) is 5.92 Å². The van der Waals surface area contributed by atoms with Gasteiger partial charge in [0.05, 0.1) is 12.3 Å². The van der Waals surface area contributed by atoms with Crippen LogP contribution in [-0.2, 0) is 20.9 Å². The normalized spacial score (nSPS) is 11.4. The average Bonchev–Trinajstić information content (AvgIpc) is 2.66. The summed E-state index contributed by atoms with van der Waals surface area (Å²) in [5, 5.41) is 20.0. The van der Waals surface area contributed by atoms with Crippen molar-refractivity contribution in [2.75, 3.05) is 0 Å². The molecule has 0 aliphatic heterocycles. The third-order valence-corrected chi connectivity index (χ3v) is 3.88. The van der Waals surface area contributed by atoms with Crippen LogP contribution in [0.4, 0.5) is 0 Å². The molecule has 7 nitrogen and oxygen atoms in total. The van der Waals surface area contributed by atoms with E-state index in [0.717, 1.165) is 16.7 Å². The second-order valence-electron chi connectivity index (χ2n) is 5.81. The van der Waals surface area contributed by atoms with Gasteiger partial charge in [-0.25, -0.2) is 5.48 Å². The Balaban J connectivity index is 1.96. The molecule has 0 aliphatic carbocycles. The number of amides is 2. The van der Waals surface area contributed by atoms with Gasteiger partial charge < -0.3 is 10.4 Å². The summed E-state index contributed by atoms with van der Waals surface area (Å²) in [4.78, 5) is 34.2. The van der Waals surface area contributed by atoms with Crippen LogP contribution in [-0.4, -0.2) is 28.1 Å². The fourth-order valence-corrected chi connectivity index (χ4v) is 2.52. The maximum Gasteiger partial charge on any atom is 0.304 e. The minimum atomic E-state index is -1.19. The smallest absolute Gasteiger partial charge is 0.304 e. The molecule has 0 bridgehead atoms. The molecule has 7 heteroatoms. The molecule has 0 aliphatic rings. The van der Waals surface area contributed by atoms with E-state index in [4.69, 9.17) is 10.3 Å². The van der Waals surface area contributed by atoms with Gasteiger partial charge in [-0.05, 0) is 16.7 Å². The van der Waals surface area contributed by atoms with E-state index in [9.17, 15) is 14.4 Å². The lowest BCUT2D eigenvalue weighted by molar-refractivity contribution is -0.142. The monoisotopic (exact) mass is 356 g/mol. The molecule has 4 N–H and O–H groups in total. The quantitative estimate of drug-likeness (QED) is 0.426. The number of rotatable bonds is 8. The van der Waals surface area contributed by atoms with Gasteiger partial charge in [-0.2, -0.15) is 0 Å². The third kappa shape index (κ3) is 5.71. The summed E-state index contributed by atoms with van der Waals surface area (Å²) in [5.41, 5.74) is 4.38. The molecule has 136 valence electrons. The number of carboxylic acids is 1. The number of hydrogen-bond acceptors (Lipinski definition) is 4. The van der Waals surface area contributed by atoms with Crippen molar-refractivity contribution >= 4 is 17.8 Å². The van der Waals surface area contributed by atoms with Gasteiger partial charge in [-0.1, -0.05) is 54.6 Å². The predicted octanol–water partition coefficient (Wildman–Crippen LogP) is 1.96. The van der Waals surface area contributed by atoms with Crippen LogP contribution in [0.25, 0.3) is 11.1 Å². The second kappa shape index (κ2) is 9.33. The molecule has 0 fully saturated rings. The topological polar surface area (TPSA) is 116 Å². The fraction of sp³-hybridized carbons (Fsp3) is 0.211. The molecule has 1 atom stereocenters. The van der Waals surface area contributed by atoms with Crippen LogP contribution in [0.3, 0.4) is 0 Å². The molecule has 2 rings (SSSR count). The van der Waals surface area contributed by atoms with Crippen LogP contribution in [0.1, 0.15) is 18.4 Å². The van der Waals surface area contributed by atoms with E-state index in [1.54, 1.807) is 0 Å². The SMILES string of the molecule is O=C(O)CC(CC(=O)NO)C(=O)NCc1ccc(-c2ccccc2)cc1. The average molecular weight is 356 g/mol. The molecule has 2 aromatic carbocycles. The molecular formula is C19H20N2O5. The Bertz CT molecular complexity index is 759. The number of carbonyl (C=O) groups excluding carboxylic acids is 2. The second-order valence-corrected chi connectivity index (χ2v) is 5.81. The molecule has 2 amide bonds.